The van der Waals surface area contributed by atoms with Gasteiger partial charge < -0.3 is 5.32 Å². The van der Waals surface area contributed by atoms with Crippen molar-refractivity contribution in [3.63, 3.8) is 0 Å². The van der Waals surface area contributed by atoms with Crippen LogP contribution in [0, 0.1) is 12.7 Å². The monoisotopic (exact) mass is 472 g/mol. The quantitative estimate of drug-likeness (QED) is 0.615. The highest BCUT2D eigenvalue weighted by molar-refractivity contribution is 7.89. The van der Waals surface area contributed by atoms with E-state index in [1.54, 1.807) is 19.1 Å². The minimum atomic E-state index is -3.69. The van der Waals surface area contributed by atoms with Crippen LogP contribution in [-0.2, 0) is 21.4 Å². The van der Waals surface area contributed by atoms with Gasteiger partial charge in [0.2, 0.25) is 15.9 Å². The summed E-state index contributed by atoms with van der Waals surface area (Å²) in [5, 5.41) is 2.99. The summed E-state index contributed by atoms with van der Waals surface area (Å²) in [5.41, 5.74) is 0.458. The van der Waals surface area contributed by atoms with Gasteiger partial charge in [-0.3, -0.25) is 9.36 Å². The van der Waals surface area contributed by atoms with E-state index in [2.05, 4.69) is 10.3 Å². The Morgan fingerprint density at radius 3 is 2.73 bits per heavy atom. The number of sulfonamides is 1. The lowest BCUT2D eigenvalue weighted by atomic mass is 10.1. The Bertz CT molecular complexity index is 1390. The van der Waals surface area contributed by atoms with Crippen molar-refractivity contribution < 1.29 is 17.6 Å². The van der Waals surface area contributed by atoms with Crippen LogP contribution in [0.3, 0.4) is 0 Å². The number of nitrogens with zero attached hydrogens (tertiary/aromatic N) is 3. The maximum Gasteiger partial charge on any atom is 0.348 e. The highest BCUT2D eigenvalue weighted by Gasteiger charge is 2.31. The number of benzene rings is 2. The van der Waals surface area contributed by atoms with Crippen LogP contribution >= 0.6 is 0 Å². The first-order valence-electron chi connectivity index (χ1n) is 10.7. The van der Waals surface area contributed by atoms with E-state index in [0.717, 1.165) is 23.8 Å². The van der Waals surface area contributed by atoms with Crippen LogP contribution in [0.4, 0.5) is 10.1 Å². The number of carbonyl (C=O) groups excluding carboxylic acids is 1. The summed E-state index contributed by atoms with van der Waals surface area (Å²) in [6.45, 7) is 3.63. The maximum absolute atomic E-state index is 13.8. The van der Waals surface area contributed by atoms with E-state index >= 15 is 0 Å². The average Bonchev–Trinajstić information content (AvgIpc) is 2.78. The lowest BCUT2D eigenvalue weighted by Crippen LogP contribution is -2.41. The van der Waals surface area contributed by atoms with Gasteiger partial charge in [-0.05, 0) is 62.6 Å². The standard InChI is InChI=1S/C23H25FN4O4S/c1-15-6-7-18(12-20(15)24)26-22(29)14-27-21-9-8-19(11-17(21)13-25-23(27)30)33(31,32)28-10-4-3-5-16(28)2/h6-9,11-13,16H,3-5,10,14H2,1-2H3,(H,26,29)/t16-/m0/s1. The number of rotatable bonds is 5. The molecule has 2 heterocycles. The zero-order valence-electron chi connectivity index (χ0n) is 18.4. The topological polar surface area (TPSA) is 101 Å². The average molecular weight is 473 g/mol. The molecule has 3 aromatic rings. The summed E-state index contributed by atoms with van der Waals surface area (Å²) in [4.78, 5) is 28.8. The fourth-order valence-corrected chi connectivity index (χ4v) is 5.81. The van der Waals surface area contributed by atoms with Gasteiger partial charge in [0.05, 0.1) is 10.4 Å². The second-order valence-corrected chi connectivity index (χ2v) is 10.2. The number of fused-ring (bicyclic) bond motifs is 1. The zero-order valence-corrected chi connectivity index (χ0v) is 19.2. The summed E-state index contributed by atoms with van der Waals surface area (Å²) in [6.07, 6.45) is 3.94. The van der Waals surface area contributed by atoms with Gasteiger partial charge in [0.1, 0.15) is 12.4 Å². The molecule has 1 aliphatic rings. The number of aromatic nitrogens is 2. The number of anilines is 1. The molecule has 8 nitrogen and oxygen atoms in total. The third-order valence-corrected chi connectivity index (χ3v) is 7.95. The number of nitrogens with one attached hydrogen (secondary N) is 1. The number of halogens is 1. The van der Waals surface area contributed by atoms with Gasteiger partial charge in [-0.15, -0.1) is 0 Å². The maximum atomic E-state index is 13.8. The van der Waals surface area contributed by atoms with Gasteiger partial charge in [0.25, 0.3) is 0 Å². The van der Waals surface area contributed by atoms with Crippen LogP contribution in [0.25, 0.3) is 10.9 Å². The first-order chi connectivity index (χ1) is 15.7. The highest BCUT2D eigenvalue weighted by atomic mass is 32.2. The van der Waals surface area contributed by atoms with E-state index in [4.69, 9.17) is 0 Å². The van der Waals surface area contributed by atoms with E-state index < -0.39 is 27.4 Å². The van der Waals surface area contributed by atoms with Crippen LogP contribution in [0.5, 0.6) is 0 Å². The van der Waals surface area contributed by atoms with Crippen LogP contribution in [-0.4, -0.2) is 40.8 Å². The van der Waals surface area contributed by atoms with Gasteiger partial charge in [0, 0.05) is 29.9 Å². The van der Waals surface area contributed by atoms with Gasteiger partial charge in [-0.25, -0.2) is 22.6 Å². The normalized spacial score (nSPS) is 17.2. The van der Waals surface area contributed by atoms with Crippen LogP contribution in [0.1, 0.15) is 31.7 Å². The third kappa shape index (κ3) is 4.67. The van der Waals surface area contributed by atoms with E-state index in [-0.39, 0.29) is 23.2 Å². The van der Waals surface area contributed by atoms with Crippen molar-refractivity contribution in [2.75, 3.05) is 11.9 Å². The Hall–Kier alpha value is -3.11. The summed E-state index contributed by atoms with van der Waals surface area (Å²) in [7, 11) is -3.69. The summed E-state index contributed by atoms with van der Waals surface area (Å²) in [6, 6.07) is 8.67. The van der Waals surface area contributed by atoms with Crippen molar-refractivity contribution in [3.05, 3.63) is 64.5 Å². The molecule has 1 fully saturated rings. The molecule has 4 rings (SSSR count). The Balaban J connectivity index is 1.63. The summed E-state index contributed by atoms with van der Waals surface area (Å²) in [5.74, 6) is -0.984. The van der Waals surface area contributed by atoms with E-state index in [1.807, 2.05) is 6.92 Å². The molecule has 1 aliphatic heterocycles. The predicted octanol–water partition coefficient (Wildman–Crippen LogP) is 3.05. The number of piperidine rings is 1. The summed E-state index contributed by atoms with van der Waals surface area (Å²) < 4.78 is 42.8. The molecule has 174 valence electrons. The van der Waals surface area contributed by atoms with Gasteiger partial charge in [-0.1, -0.05) is 12.5 Å². The van der Waals surface area contributed by atoms with E-state index in [0.29, 0.717) is 23.0 Å². The molecular formula is C23H25FN4O4S. The molecule has 1 atom stereocenters. The molecule has 0 saturated carbocycles. The zero-order chi connectivity index (χ0) is 23.8. The fourth-order valence-electron chi connectivity index (χ4n) is 4.07. The van der Waals surface area contributed by atoms with Crippen molar-refractivity contribution in [2.45, 2.75) is 50.6 Å². The molecule has 0 spiro atoms. The fraction of sp³-hybridized carbons (Fsp3) is 0.348. The van der Waals surface area contributed by atoms with E-state index in [9.17, 15) is 22.4 Å². The molecule has 0 bridgehead atoms. The van der Waals surface area contributed by atoms with Crippen molar-refractivity contribution in [1.82, 2.24) is 13.9 Å². The Labute approximate surface area is 191 Å². The Morgan fingerprint density at radius 2 is 2.00 bits per heavy atom. The van der Waals surface area contributed by atoms with Crippen molar-refractivity contribution in [3.8, 4) is 0 Å². The van der Waals surface area contributed by atoms with Crippen molar-refractivity contribution in [1.29, 1.82) is 0 Å². The van der Waals surface area contributed by atoms with Crippen LogP contribution in [0.2, 0.25) is 0 Å². The molecule has 0 aliphatic carbocycles. The predicted molar refractivity (Wildman–Crippen MR) is 123 cm³/mol. The molecule has 1 aromatic heterocycles. The SMILES string of the molecule is Cc1ccc(NC(=O)Cn2c(=O)ncc3cc(S(=O)(=O)N4CCCC[C@@H]4C)ccc32)cc1F. The molecule has 0 unspecified atom stereocenters. The largest absolute Gasteiger partial charge is 0.348 e. The molecule has 1 amide bonds. The van der Waals surface area contributed by atoms with Crippen molar-refractivity contribution in [2.24, 2.45) is 0 Å². The highest BCUT2D eigenvalue weighted by Crippen LogP contribution is 2.27. The number of carbonyl (C=O) groups is 1. The van der Waals surface area contributed by atoms with Gasteiger partial charge in [-0.2, -0.15) is 4.31 Å². The molecule has 1 saturated heterocycles. The molecule has 33 heavy (non-hydrogen) atoms. The molecule has 1 N–H and O–H groups in total. The number of hydrogen-bond donors (Lipinski definition) is 1. The van der Waals surface area contributed by atoms with E-state index in [1.165, 1.54) is 34.8 Å². The third-order valence-electron chi connectivity index (χ3n) is 5.94. The Kier molecular flexibility index (Phi) is 6.31. The second kappa shape index (κ2) is 9.03. The number of hydrogen-bond acceptors (Lipinski definition) is 5. The first kappa shape index (κ1) is 23.1. The lowest BCUT2D eigenvalue weighted by molar-refractivity contribution is -0.116. The molecule has 0 radical (unpaired) electrons. The smallest absolute Gasteiger partial charge is 0.324 e. The molecule has 2 aromatic carbocycles. The molecular weight excluding hydrogens is 447 g/mol. The minimum absolute atomic E-state index is 0.0816. The molecule has 10 heteroatoms. The van der Waals surface area contributed by atoms with Gasteiger partial charge in [0.15, 0.2) is 0 Å². The van der Waals surface area contributed by atoms with Crippen molar-refractivity contribution >= 4 is 32.5 Å². The minimum Gasteiger partial charge on any atom is -0.324 e. The lowest BCUT2D eigenvalue weighted by Gasteiger charge is -2.32. The first-order valence-corrected chi connectivity index (χ1v) is 12.2. The van der Waals surface area contributed by atoms with Crippen LogP contribution in [0.15, 0.2) is 52.3 Å². The number of aryl methyl sites for hydroxylation is 1. The Morgan fingerprint density at radius 1 is 1.21 bits per heavy atom. The second-order valence-electron chi connectivity index (χ2n) is 8.32. The summed E-state index contributed by atoms with van der Waals surface area (Å²) >= 11 is 0. The number of amides is 1. The van der Waals surface area contributed by atoms with Crippen LogP contribution < -0.4 is 11.0 Å². The van der Waals surface area contributed by atoms with Gasteiger partial charge >= 0.3 is 5.69 Å².